The van der Waals surface area contributed by atoms with Crippen molar-refractivity contribution in [1.29, 1.82) is 0 Å². The molecule has 18 heavy (non-hydrogen) atoms. The number of nitrogens with zero attached hydrogens (tertiary/aromatic N) is 3. The summed E-state index contributed by atoms with van der Waals surface area (Å²) in [5.74, 6) is 0. The van der Waals surface area contributed by atoms with Crippen molar-refractivity contribution >= 4 is 21.6 Å². The largest absolute Gasteiger partial charge is 0.390 e. The second-order valence-electron chi connectivity index (χ2n) is 3.85. The zero-order chi connectivity index (χ0) is 12.5. The van der Waals surface area contributed by atoms with Crippen molar-refractivity contribution in [3.05, 3.63) is 53.0 Å². The van der Waals surface area contributed by atoms with Gasteiger partial charge in [0.1, 0.15) is 5.65 Å². The molecule has 0 unspecified atom stereocenters. The molecule has 0 radical (unpaired) electrons. The Kier molecular flexibility index (Phi) is 2.85. The van der Waals surface area contributed by atoms with Gasteiger partial charge in [0.05, 0.1) is 22.6 Å². The molecule has 0 aliphatic rings. The van der Waals surface area contributed by atoms with Crippen LogP contribution in [-0.4, -0.2) is 19.5 Å². The fraction of sp³-hybridized carbons (Fsp3) is 0.0769. The molecule has 0 bridgehead atoms. The maximum absolute atomic E-state index is 9.59. The van der Waals surface area contributed by atoms with Gasteiger partial charge >= 0.3 is 0 Å². The van der Waals surface area contributed by atoms with Crippen molar-refractivity contribution in [1.82, 2.24) is 14.4 Å². The number of fused-ring (bicyclic) bond motifs is 1. The molecule has 0 fully saturated rings. The van der Waals surface area contributed by atoms with Gasteiger partial charge in [0.2, 0.25) is 0 Å². The van der Waals surface area contributed by atoms with Gasteiger partial charge in [-0.2, -0.15) is 0 Å². The highest BCUT2D eigenvalue weighted by Crippen LogP contribution is 2.26. The van der Waals surface area contributed by atoms with Crippen molar-refractivity contribution in [2.24, 2.45) is 0 Å². The Morgan fingerprint density at radius 1 is 1.22 bits per heavy atom. The summed E-state index contributed by atoms with van der Waals surface area (Å²) < 4.78 is 2.76. The lowest BCUT2D eigenvalue weighted by Gasteiger charge is -2.03. The SMILES string of the molecule is OCc1c(-c2cccnc2)nc2cccc(Br)n12. The van der Waals surface area contributed by atoms with Gasteiger partial charge in [-0.3, -0.25) is 9.38 Å². The van der Waals surface area contributed by atoms with E-state index in [1.165, 1.54) is 0 Å². The minimum atomic E-state index is -0.0754. The normalized spacial score (nSPS) is 11.0. The molecule has 1 N–H and O–H groups in total. The summed E-state index contributed by atoms with van der Waals surface area (Å²) in [4.78, 5) is 8.63. The first-order valence-electron chi connectivity index (χ1n) is 5.48. The number of aliphatic hydroxyl groups excluding tert-OH is 1. The number of halogens is 1. The number of pyridine rings is 2. The second kappa shape index (κ2) is 4.51. The fourth-order valence-electron chi connectivity index (χ4n) is 1.99. The summed E-state index contributed by atoms with van der Waals surface area (Å²) in [5.41, 5.74) is 3.22. The molecule has 0 aromatic carbocycles. The van der Waals surface area contributed by atoms with Crippen molar-refractivity contribution < 1.29 is 5.11 Å². The second-order valence-corrected chi connectivity index (χ2v) is 4.66. The molecule has 3 heterocycles. The molecule has 0 spiro atoms. The van der Waals surface area contributed by atoms with Crippen LogP contribution in [0.25, 0.3) is 16.9 Å². The van der Waals surface area contributed by atoms with E-state index in [0.29, 0.717) is 0 Å². The number of aromatic nitrogens is 3. The fourth-order valence-corrected chi connectivity index (χ4v) is 2.54. The minimum absolute atomic E-state index is 0.0754. The highest BCUT2D eigenvalue weighted by molar-refractivity contribution is 9.10. The van der Waals surface area contributed by atoms with Crippen LogP contribution >= 0.6 is 15.9 Å². The van der Waals surface area contributed by atoms with E-state index >= 15 is 0 Å². The van der Waals surface area contributed by atoms with Crippen LogP contribution in [0.1, 0.15) is 5.69 Å². The number of hydrogen-bond donors (Lipinski definition) is 1. The Bertz CT molecular complexity index is 694. The molecule has 3 aromatic heterocycles. The van der Waals surface area contributed by atoms with E-state index in [2.05, 4.69) is 25.9 Å². The highest BCUT2D eigenvalue weighted by Gasteiger charge is 2.14. The standard InChI is InChI=1S/C13H10BrN3O/c14-11-4-1-5-12-16-13(10(8-18)17(11)12)9-3-2-6-15-7-9/h1-7,18H,8H2. The lowest BCUT2D eigenvalue weighted by atomic mass is 10.2. The lowest BCUT2D eigenvalue weighted by molar-refractivity contribution is 0.276. The maximum atomic E-state index is 9.59. The third-order valence-corrected chi connectivity index (χ3v) is 3.40. The third kappa shape index (κ3) is 1.72. The van der Waals surface area contributed by atoms with Crippen molar-refractivity contribution in [3.63, 3.8) is 0 Å². The molecule has 3 aromatic rings. The van der Waals surface area contributed by atoms with Gasteiger partial charge in [0.15, 0.2) is 0 Å². The molecule has 0 amide bonds. The first-order valence-corrected chi connectivity index (χ1v) is 6.27. The summed E-state index contributed by atoms with van der Waals surface area (Å²) in [6.45, 7) is -0.0754. The van der Waals surface area contributed by atoms with Crippen LogP contribution in [0.5, 0.6) is 0 Å². The van der Waals surface area contributed by atoms with E-state index in [4.69, 9.17) is 0 Å². The van der Waals surface area contributed by atoms with Crippen LogP contribution in [0.2, 0.25) is 0 Å². The first-order chi connectivity index (χ1) is 8.81. The van der Waals surface area contributed by atoms with Crippen LogP contribution in [0.15, 0.2) is 47.3 Å². The molecule has 4 nitrogen and oxygen atoms in total. The Hall–Kier alpha value is -1.72. The summed E-state index contributed by atoms with van der Waals surface area (Å²) in [6.07, 6.45) is 3.46. The summed E-state index contributed by atoms with van der Waals surface area (Å²) in [7, 11) is 0. The van der Waals surface area contributed by atoms with Crippen molar-refractivity contribution in [2.75, 3.05) is 0 Å². The van der Waals surface area contributed by atoms with Gasteiger partial charge in [-0.15, -0.1) is 0 Å². The number of aliphatic hydroxyl groups is 1. The van der Waals surface area contributed by atoms with E-state index < -0.39 is 0 Å². The average Bonchev–Trinajstić information content (AvgIpc) is 2.79. The van der Waals surface area contributed by atoms with Crippen LogP contribution in [0.4, 0.5) is 0 Å². The van der Waals surface area contributed by atoms with Gasteiger partial charge < -0.3 is 5.11 Å². The Morgan fingerprint density at radius 3 is 2.83 bits per heavy atom. The molecule has 0 saturated heterocycles. The van der Waals surface area contributed by atoms with Gasteiger partial charge in [-0.05, 0) is 40.2 Å². The average molecular weight is 304 g/mol. The molecule has 0 atom stereocenters. The smallest absolute Gasteiger partial charge is 0.138 e. The zero-order valence-electron chi connectivity index (χ0n) is 9.42. The quantitative estimate of drug-likeness (QED) is 0.741. The Morgan fingerprint density at radius 2 is 2.11 bits per heavy atom. The van der Waals surface area contributed by atoms with Crippen LogP contribution in [-0.2, 0) is 6.61 Å². The van der Waals surface area contributed by atoms with E-state index in [1.54, 1.807) is 12.4 Å². The van der Waals surface area contributed by atoms with Gasteiger partial charge in [-0.25, -0.2) is 4.98 Å². The minimum Gasteiger partial charge on any atom is -0.390 e. The van der Waals surface area contributed by atoms with Crippen molar-refractivity contribution in [2.45, 2.75) is 6.61 Å². The van der Waals surface area contributed by atoms with Crippen LogP contribution in [0.3, 0.4) is 0 Å². The molecular weight excluding hydrogens is 294 g/mol. The lowest BCUT2D eigenvalue weighted by Crippen LogP contribution is -1.95. The van der Waals surface area contributed by atoms with Crippen molar-refractivity contribution in [3.8, 4) is 11.3 Å². The Balaban J connectivity index is 2.34. The topological polar surface area (TPSA) is 50.4 Å². The summed E-state index contributed by atoms with van der Waals surface area (Å²) in [5, 5.41) is 9.59. The molecular formula is C13H10BrN3O. The van der Waals surface area contributed by atoms with E-state index in [1.807, 2.05) is 34.7 Å². The van der Waals surface area contributed by atoms with Gasteiger partial charge in [0.25, 0.3) is 0 Å². The predicted molar refractivity (Wildman–Crippen MR) is 72.0 cm³/mol. The molecule has 0 saturated carbocycles. The Labute approximate surface area is 112 Å². The number of rotatable bonds is 2. The summed E-state index contributed by atoms with van der Waals surface area (Å²) >= 11 is 3.47. The summed E-state index contributed by atoms with van der Waals surface area (Å²) in [6, 6.07) is 9.53. The van der Waals surface area contributed by atoms with Gasteiger partial charge in [-0.1, -0.05) is 6.07 Å². The first kappa shape index (κ1) is 11.4. The number of imidazole rings is 1. The van der Waals surface area contributed by atoms with Crippen LogP contribution < -0.4 is 0 Å². The molecule has 5 heteroatoms. The predicted octanol–water partition coefficient (Wildman–Crippen LogP) is 2.65. The van der Waals surface area contributed by atoms with E-state index in [-0.39, 0.29) is 6.61 Å². The highest BCUT2D eigenvalue weighted by atomic mass is 79.9. The maximum Gasteiger partial charge on any atom is 0.138 e. The molecule has 3 rings (SSSR count). The monoisotopic (exact) mass is 303 g/mol. The number of hydrogen-bond acceptors (Lipinski definition) is 3. The van der Waals surface area contributed by atoms with E-state index in [0.717, 1.165) is 27.2 Å². The third-order valence-electron chi connectivity index (χ3n) is 2.78. The van der Waals surface area contributed by atoms with E-state index in [9.17, 15) is 5.11 Å². The van der Waals surface area contributed by atoms with Gasteiger partial charge in [0, 0.05) is 18.0 Å². The molecule has 0 aliphatic carbocycles. The molecule has 0 aliphatic heterocycles. The van der Waals surface area contributed by atoms with Crippen LogP contribution in [0, 0.1) is 0 Å². The molecule has 90 valence electrons. The zero-order valence-corrected chi connectivity index (χ0v) is 11.0.